The van der Waals surface area contributed by atoms with Crippen LogP contribution >= 0.6 is 0 Å². The van der Waals surface area contributed by atoms with Crippen LogP contribution in [0, 0.1) is 0 Å². The Morgan fingerprint density at radius 1 is 0.879 bits per heavy atom. The molecule has 1 atom stereocenters. The van der Waals surface area contributed by atoms with E-state index >= 15 is 0 Å². The van der Waals surface area contributed by atoms with E-state index in [1.165, 1.54) is 12.0 Å². The largest absolute Gasteiger partial charge is 0.459 e. The molecule has 1 aliphatic rings. The van der Waals surface area contributed by atoms with Gasteiger partial charge in [-0.2, -0.15) is 0 Å². The Morgan fingerprint density at radius 3 is 2.24 bits per heavy atom. The standard InChI is InChI=1S/C26H30N4O3/c31-25(27-13-14-29-15-17-30(18-16-29)22-10-5-2-6-11-22)23(20-21-8-3-1-4-9-21)28-26(32)24-12-7-19-33-24/h1-12,19,23H,13-18,20H2,(H,27,31)(H,28,32). The van der Waals surface area contributed by atoms with Crippen molar-refractivity contribution >= 4 is 17.5 Å². The second-order valence-corrected chi connectivity index (χ2v) is 8.15. The lowest BCUT2D eigenvalue weighted by atomic mass is 10.1. The zero-order chi connectivity index (χ0) is 22.9. The van der Waals surface area contributed by atoms with Crippen molar-refractivity contribution in [2.45, 2.75) is 12.5 Å². The summed E-state index contributed by atoms with van der Waals surface area (Å²) in [6.45, 7) is 5.15. The van der Waals surface area contributed by atoms with E-state index in [9.17, 15) is 9.59 Å². The molecule has 7 nitrogen and oxygen atoms in total. The van der Waals surface area contributed by atoms with Crippen LogP contribution in [0.1, 0.15) is 16.1 Å². The van der Waals surface area contributed by atoms with Gasteiger partial charge in [-0.25, -0.2) is 0 Å². The predicted molar refractivity (Wildman–Crippen MR) is 128 cm³/mol. The molecule has 1 saturated heterocycles. The minimum Gasteiger partial charge on any atom is -0.459 e. The van der Waals surface area contributed by atoms with Gasteiger partial charge in [-0.3, -0.25) is 14.5 Å². The first kappa shape index (κ1) is 22.6. The summed E-state index contributed by atoms with van der Waals surface area (Å²) in [5, 5.41) is 5.82. The fraction of sp³-hybridized carbons (Fsp3) is 0.308. The molecule has 2 aromatic carbocycles. The smallest absolute Gasteiger partial charge is 0.287 e. The molecule has 0 radical (unpaired) electrons. The highest BCUT2D eigenvalue weighted by Crippen LogP contribution is 2.15. The molecule has 2 heterocycles. The number of nitrogens with one attached hydrogen (secondary N) is 2. The number of anilines is 1. The van der Waals surface area contributed by atoms with E-state index in [-0.39, 0.29) is 11.7 Å². The highest BCUT2D eigenvalue weighted by Gasteiger charge is 2.23. The molecular weight excluding hydrogens is 416 g/mol. The lowest BCUT2D eigenvalue weighted by molar-refractivity contribution is -0.123. The molecule has 1 unspecified atom stereocenters. The first-order valence-corrected chi connectivity index (χ1v) is 11.4. The summed E-state index contributed by atoms with van der Waals surface area (Å²) < 4.78 is 5.17. The minimum atomic E-state index is -0.681. The maximum atomic E-state index is 12.9. The number of rotatable bonds is 9. The predicted octanol–water partition coefficient (Wildman–Crippen LogP) is 2.56. The molecule has 1 fully saturated rings. The fourth-order valence-electron chi connectivity index (χ4n) is 4.03. The molecule has 2 N–H and O–H groups in total. The molecule has 33 heavy (non-hydrogen) atoms. The molecule has 0 spiro atoms. The van der Waals surface area contributed by atoms with Crippen LogP contribution in [-0.4, -0.2) is 62.0 Å². The summed E-state index contributed by atoms with van der Waals surface area (Å²) >= 11 is 0. The molecule has 3 aromatic rings. The van der Waals surface area contributed by atoms with Crippen molar-refractivity contribution in [3.8, 4) is 0 Å². The third-order valence-corrected chi connectivity index (χ3v) is 5.87. The van der Waals surface area contributed by atoms with Crippen molar-refractivity contribution in [3.05, 3.63) is 90.4 Å². The Kier molecular flexibility index (Phi) is 7.76. The molecule has 1 aromatic heterocycles. The molecule has 1 aliphatic heterocycles. The molecule has 7 heteroatoms. The molecule has 2 amide bonds. The number of nitrogens with zero attached hydrogens (tertiary/aromatic N) is 2. The zero-order valence-electron chi connectivity index (χ0n) is 18.7. The number of piperazine rings is 1. The van der Waals surface area contributed by atoms with Gasteiger partial charge in [-0.15, -0.1) is 0 Å². The normalized spacial score (nSPS) is 15.1. The zero-order valence-corrected chi connectivity index (χ0v) is 18.7. The molecule has 4 rings (SSSR count). The van der Waals surface area contributed by atoms with E-state index in [0.29, 0.717) is 13.0 Å². The van der Waals surface area contributed by atoms with Crippen LogP contribution in [0.4, 0.5) is 5.69 Å². The van der Waals surface area contributed by atoms with Crippen LogP contribution in [0.2, 0.25) is 0 Å². The van der Waals surface area contributed by atoms with Gasteiger partial charge in [0.25, 0.3) is 5.91 Å². The second kappa shape index (κ2) is 11.3. The number of hydrogen-bond acceptors (Lipinski definition) is 5. The lowest BCUT2D eigenvalue weighted by Gasteiger charge is -2.36. The topological polar surface area (TPSA) is 77.8 Å². The van der Waals surface area contributed by atoms with E-state index in [2.05, 4.69) is 44.7 Å². The van der Waals surface area contributed by atoms with E-state index in [1.54, 1.807) is 12.1 Å². The van der Waals surface area contributed by atoms with Crippen molar-refractivity contribution in [1.29, 1.82) is 0 Å². The average Bonchev–Trinajstić information content (AvgIpc) is 3.40. The third kappa shape index (κ3) is 6.46. The van der Waals surface area contributed by atoms with Gasteiger partial charge in [0.15, 0.2) is 5.76 Å². The Balaban J connectivity index is 1.27. The number of carbonyl (C=O) groups excluding carboxylic acids is 2. The van der Waals surface area contributed by atoms with Crippen molar-refractivity contribution in [2.24, 2.45) is 0 Å². The summed E-state index contributed by atoms with van der Waals surface area (Å²) in [5.41, 5.74) is 2.23. The number of para-hydroxylation sites is 1. The third-order valence-electron chi connectivity index (χ3n) is 5.87. The van der Waals surface area contributed by atoms with E-state index in [4.69, 9.17) is 4.42 Å². The van der Waals surface area contributed by atoms with Crippen molar-refractivity contribution in [1.82, 2.24) is 15.5 Å². The van der Waals surface area contributed by atoms with Crippen LogP contribution in [0.25, 0.3) is 0 Å². The van der Waals surface area contributed by atoms with E-state index in [1.807, 2.05) is 36.4 Å². The lowest BCUT2D eigenvalue weighted by Crippen LogP contribution is -2.51. The number of furan rings is 1. The Labute approximate surface area is 194 Å². The maximum Gasteiger partial charge on any atom is 0.287 e. The second-order valence-electron chi connectivity index (χ2n) is 8.15. The summed E-state index contributed by atoms with van der Waals surface area (Å²) in [4.78, 5) is 30.2. The van der Waals surface area contributed by atoms with Crippen LogP contribution in [0.5, 0.6) is 0 Å². The van der Waals surface area contributed by atoms with Gasteiger partial charge in [-0.05, 0) is 29.8 Å². The average molecular weight is 447 g/mol. The number of carbonyl (C=O) groups is 2. The molecule has 0 saturated carbocycles. The Bertz CT molecular complexity index is 1000. The highest BCUT2D eigenvalue weighted by molar-refractivity contribution is 5.95. The molecule has 172 valence electrons. The van der Waals surface area contributed by atoms with Gasteiger partial charge in [0.1, 0.15) is 6.04 Å². The fourth-order valence-corrected chi connectivity index (χ4v) is 4.03. The van der Waals surface area contributed by atoms with Crippen LogP contribution in [-0.2, 0) is 11.2 Å². The van der Waals surface area contributed by atoms with Gasteiger partial charge in [0.05, 0.1) is 6.26 Å². The molecule has 0 bridgehead atoms. The van der Waals surface area contributed by atoms with Crippen molar-refractivity contribution in [2.75, 3.05) is 44.2 Å². The summed E-state index contributed by atoms with van der Waals surface area (Å²) in [7, 11) is 0. The van der Waals surface area contributed by atoms with Gasteiger partial charge >= 0.3 is 0 Å². The molecular formula is C26H30N4O3. The highest BCUT2D eigenvalue weighted by atomic mass is 16.3. The minimum absolute atomic E-state index is 0.192. The maximum absolute atomic E-state index is 12.9. The molecule has 0 aliphatic carbocycles. The van der Waals surface area contributed by atoms with Gasteiger partial charge in [0, 0.05) is 51.4 Å². The number of amides is 2. The van der Waals surface area contributed by atoms with Gasteiger partial charge in [0.2, 0.25) is 5.91 Å². The Hall–Kier alpha value is -3.58. The quantitative estimate of drug-likeness (QED) is 0.528. The number of benzene rings is 2. The van der Waals surface area contributed by atoms with Gasteiger partial charge in [-0.1, -0.05) is 48.5 Å². The number of hydrogen-bond donors (Lipinski definition) is 2. The summed E-state index contributed by atoms with van der Waals surface area (Å²) in [6, 6.07) is 22.7. The van der Waals surface area contributed by atoms with Crippen molar-refractivity contribution < 1.29 is 14.0 Å². The first-order chi connectivity index (χ1) is 16.2. The van der Waals surface area contributed by atoms with Crippen molar-refractivity contribution in [3.63, 3.8) is 0 Å². The van der Waals surface area contributed by atoms with Crippen LogP contribution < -0.4 is 15.5 Å². The summed E-state index contributed by atoms with van der Waals surface area (Å²) in [5.74, 6) is -0.396. The first-order valence-electron chi connectivity index (χ1n) is 11.4. The van der Waals surface area contributed by atoms with Gasteiger partial charge < -0.3 is 20.0 Å². The summed E-state index contributed by atoms with van der Waals surface area (Å²) in [6.07, 6.45) is 1.85. The van der Waals surface area contributed by atoms with Crippen LogP contribution in [0.15, 0.2) is 83.5 Å². The SMILES string of the molecule is O=C(NC(Cc1ccccc1)C(=O)NCCN1CCN(c2ccccc2)CC1)c1ccco1. The monoisotopic (exact) mass is 446 g/mol. The Morgan fingerprint density at radius 2 is 1.58 bits per heavy atom. The van der Waals surface area contributed by atoms with E-state index < -0.39 is 11.9 Å². The van der Waals surface area contributed by atoms with E-state index in [0.717, 1.165) is 38.3 Å². The van der Waals surface area contributed by atoms with Crippen LogP contribution in [0.3, 0.4) is 0 Å².